The van der Waals surface area contributed by atoms with Gasteiger partial charge in [0.1, 0.15) is 5.52 Å². The van der Waals surface area contributed by atoms with E-state index in [4.69, 9.17) is 14.9 Å². The highest BCUT2D eigenvalue weighted by atomic mass is 16.5. The van der Waals surface area contributed by atoms with Crippen molar-refractivity contribution in [3.05, 3.63) is 24.3 Å². The quantitative estimate of drug-likeness (QED) is 0.887. The molecule has 1 fully saturated rings. The summed E-state index contributed by atoms with van der Waals surface area (Å²) >= 11 is 0. The maximum Gasteiger partial charge on any atom is 0.298 e. The Kier molecular flexibility index (Phi) is 3.17. The number of morpholine rings is 1. The SMILES string of the molecule is NCCC1CN(c2nc3ccccc3o2)CCO1. The molecule has 5 heteroatoms. The zero-order valence-corrected chi connectivity index (χ0v) is 10.2. The summed E-state index contributed by atoms with van der Waals surface area (Å²) in [6.07, 6.45) is 1.05. The van der Waals surface area contributed by atoms with Gasteiger partial charge in [-0.05, 0) is 25.1 Å². The van der Waals surface area contributed by atoms with Crippen molar-refractivity contribution in [2.75, 3.05) is 31.1 Å². The Morgan fingerprint density at radius 2 is 2.28 bits per heavy atom. The number of benzene rings is 1. The maximum atomic E-state index is 5.76. The van der Waals surface area contributed by atoms with Gasteiger partial charge in [-0.3, -0.25) is 0 Å². The molecular formula is C13H17N3O2. The van der Waals surface area contributed by atoms with Crippen LogP contribution in [0.5, 0.6) is 0 Å². The van der Waals surface area contributed by atoms with Crippen molar-refractivity contribution in [1.82, 2.24) is 4.98 Å². The molecule has 2 aromatic rings. The van der Waals surface area contributed by atoms with Crippen molar-refractivity contribution in [3.63, 3.8) is 0 Å². The van der Waals surface area contributed by atoms with E-state index in [-0.39, 0.29) is 6.10 Å². The highest BCUT2D eigenvalue weighted by molar-refractivity contribution is 5.74. The Bertz CT molecular complexity index is 491. The van der Waals surface area contributed by atoms with E-state index in [1.54, 1.807) is 0 Å². The summed E-state index contributed by atoms with van der Waals surface area (Å²) in [5.41, 5.74) is 7.29. The Hall–Kier alpha value is -1.59. The van der Waals surface area contributed by atoms with Gasteiger partial charge in [0.2, 0.25) is 0 Å². The number of rotatable bonds is 3. The molecule has 1 atom stereocenters. The Labute approximate surface area is 106 Å². The second kappa shape index (κ2) is 4.96. The second-order valence-corrected chi connectivity index (χ2v) is 4.48. The number of oxazole rings is 1. The molecule has 1 aromatic heterocycles. The summed E-state index contributed by atoms with van der Waals surface area (Å²) in [4.78, 5) is 6.63. The van der Waals surface area contributed by atoms with Gasteiger partial charge in [0.25, 0.3) is 6.01 Å². The van der Waals surface area contributed by atoms with E-state index in [2.05, 4.69) is 9.88 Å². The molecule has 2 heterocycles. The summed E-state index contributed by atoms with van der Waals surface area (Å²) in [5, 5.41) is 0. The molecule has 0 radical (unpaired) electrons. The zero-order valence-electron chi connectivity index (χ0n) is 10.2. The molecule has 0 spiro atoms. The van der Waals surface area contributed by atoms with E-state index in [9.17, 15) is 0 Å². The van der Waals surface area contributed by atoms with Crippen molar-refractivity contribution < 1.29 is 9.15 Å². The van der Waals surface area contributed by atoms with Gasteiger partial charge in [0.15, 0.2) is 5.58 Å². The molecule has 3 rings (SSSR count). The van der Waals surface area contributed by atoms with Crippen LogP contribution in [0.4, 0.5) is 6.01 Å². The van der Waals surface area contributed by atoms with Gasteiger partial charge in [-0.2, -0.15) is 4.98 Å². The van der Waals surface area contributed by atoms with Crippen LogP contribution in [-0.2, 0) is 4.74 Å². The molecule has 1 unspecified atom stereocenters. The molecule has 1 aliphatic rings. The topological polar surface area (TPSA) is 64.5 Å². The fourth-order valence-corrected chi connectivity index (χ4v) is 2.25. The molecule has 2 N–H and O–H groups in total. The lowest BCUT2D eigenvalue weighted by Gasteiger charge is -2.31. The van der Waals surface area contributed by atoms with Gasteiger partial charge in [-0.1, -0.05) is 12.1 Å². The molecule has 0 aliphatic carbocycles. The van der Waals surface area contributed by atoms with E-state index in [1.807, 2.05) is 24.3 Å². The summed E-state index contributed by atoms with van der Waals surface area (Å²) in [5.74, 6) is 0. The lowest BCUT2D eigenvalue weighted by molar-refractivity contribution is 0.0353. The Morgan fingerprint density at radius 3 is 3.11 bits per heavy atom. The van der Waals surface area contributed by atoms with E-state index in [0.29, 0.717) is 19.2 Å². The average Bonchev–Trinajstić information content (AvgIpc) is 2.83. The van der Waals surface area contributed by atoms with Crippen molar-refractivity contribution in [1.29, 1.82) is 0 Å². The van der Waals surface area contributed by atoms with Crippen LogP contribution in [0, 0.1) is 0 Å². The van der Waals surface area contributed by atoms with Crippen LogP contribution in [0.25, 0.3) is 11.1 Å². The van der Waals surface area contributed by atoms with Crippen molar-refractivity contribution in [2.24, 2.45) is 5.73 Å². The Balaban J connectivity index is 1.80. The minimum Gasteiger partial charge on any atom is -0.423 e. The van der Waals surface area contributed by atoms with Crippen LogP contribution in [0.1, 0.15) is 6.42 Å². The van der Waals surface area contributed by atoms with Crippen LogP contribution >= 0.6 is 0 Å². The van der Waals surface area contributed by atoms with E-state index < -0.39 is 0 Å². The fraction of sp³-hybridized carbons (Fsp3) is 0.462. The number of hydrogen-bond acceptors (Lipinski definition) is 5. The number of anilines is 1. The molecule has 0 amide bonds. The largest absolute Gasteiger partial charge is 0.423 e. The normalized spacial score (nSPS) is 20.5. The lowest BCUT2D eigenvalue weighted by Crippen LogP contribution is -2.43. The van der Waals surface area contributed by atoms with Gasteiger partial charge in [-0.15, -0.1) is 0 Å². The molecule has 1 aromatic carbocycles. The number of aromatic nitrogens is 1. The molecule has 1 saturated heterocycles. The number of nitrogens with two attached hydrogens (primary N) is 1. The Morgan fingerprint density at radius 1 is 1.39 bits per heavy atom. The monoisotopic (exact) mass is 247 g/mol. The van der Waals surface area contributed by atoms with Gasteiger partial charge < -0.3 is 19.8 Å². The highest BCUT2D eigenvalue weighted by Gasteiger charge is 2.23. The van der Waals surface area contributed by atoms with Crippen LogP contribution < -0.4 is 10.6 Å². The van der Waals surface area contributed by atoms with Gasteiger partial charge in [-0.25, -0.2) is 0 Å². The second-order valence-electron chi connectivity index (χ2n) is 4.48. The third kappa shape index (κ3) is 2.19. The molecule has 0 saturated carbocycles. The number of fused-ring (bicyclic) bond motifs is 1. The average molecular weight is 247 g/mol. The first-order valence-corrected chi connectivity index (χ1v) is 6.29. The molecule has 0 bridgehead atoms. The van der Waals surface area contributed by atoms with Crippen molar-refractivity contribution >= 4 is 17.1 Å². The maximum absolute atomic E-state index is 5.76. The lowest BCUT2D eigenvalue weighted by atomic mass is 10.2. The van der Waals surface area contributed by atoms with Gasteiger partial charge in [0, 0.05) is 13.1 Å². The molecule has 5 nitrogen and oxygen atoms in total. The van der Waals surface area contributed by atoms with Crippen molar-refractivity contribution in [3.8, 4) is 0 Å². The van der Waals surface area contributed by atoms with Crippen LogP contribution in [0.2, 0.25) is 0 Å². The third-order valence-electron chi connectivity index (χ3n) is 3.18. The van der Waals surface area contributed by atoms with E-state index >= 15 is 0 Å². The molecular weight excluding hydrogens is 230 g/mol. The predicted molar refractivity (Wildman–Crippen MR) is 69.6 cm³/mol. The smallest absolute Gasteiger partial charge is 0.298 e. The third-order valence-corrected chi connectivity index (χ3v) is 3.18. The fourth-order valence-electron chi connectivity index (χ4n) is 2.25. The number of ether oxygens (including phenoxy) is 1. The summed E-state index contributed by atoms with van der Waals surface area (Å²) < 4.78 is 11.4. The van der Waals surface area contributed by atoms with Gasteiger partial charge >= 0.3 is 0 Å². The minimum atomic E-state index is 0.179. The number of hydrogen-bond donors (Lipinski definition) is 1. The summed E-state index contributed by atoms with van der Waals surface area (Å²) in [7, 11) is 0. The molecule has 18 heavy (non-hydrogen) atoms. The minimum absolute atomic E-state index is 0.179. The van der Waals surface area contributed by atoms with Crippen LogP contribution in [0.15, 0.2) is 28.7 Å². The first-order chi connectivity index (χ1) is 8.86. The van der Waals surface area contributed by atoms with Gasteiger partial charge in [0.05, 0.1) is 12.7 Å². The standard InChI is InChI=1S/C13H17N3O2/c14-6-5-10-9-16(7-8-17-10)13-15-11-3-1-2-4-12(11)18-13/h1-4,10H,5-9,14H2. The first-order valence-electron chi connectivity index (χ1n) is 6.29. The van der Waals surface area contributed by atoms with E-state index in [0.717, 1.165) is 30.6 Å². The van der Waals surface area contributed by atoms with Crippen LogP contribution in [0.3, 0.4) is 0 Å². The first kappa shape index (κ1) is 11.5. The zero-order chi connectivity index (χ0) is 12.4. The van der Waals surface area contributed by atoms with E-state index in [1.165, 1.54) is 0 Å². The predicted octanol–water partition coefficient (Wildman–Crippen LogP) is 1.38. The number of para-hydroxylation sites is 2. The summed E-state index contributed by atoms with van der Waals surface area (Å²) in [6.45, 7) is 2.95. The molecule has 96 valence electrons. The number of nitrogens with zero attached hydrogens (tertiary/aromatic N) is 2. The van der Waals surface area contributed by atoms with Crippen molar-refractivity contribution in [2.45, 2.75) is 12.5 Å². The highest BCUT2D eigenvalue weighted by Crippen LogP contribution is 2.23. The van der Waals surface area contributed by atoms with Crippen LogP contribution in [-0.4, -0.2) is 37.3 Å². The summed E-state index contributed by atoms with van der Waals surface area (Å²) in [6, 6.07) is 8.49. The molecule has 1 aliphatic heterocycles.